The Balaban J connectivity index is 2.29. The van der Waals surface area contributed by atoms with Crippen LogP contribution in [-0.2, 0) is 0 Å². The Hall–Kier alpha value is -0.275. The molecule has 0 saturated heterocycles. The Morgan fingerprint density at radius 2 is 2.45 bits per heavy atom. The van der Waals surface area contributed by atoms with Crippen molar-refractivity contribution < 1.29 is 5.02 Å². The Morgan fingerprint density at radius 1 is 1.73 bits per heavy atom. The second-order valence-corrected chi connectivity index (χ2v) is 3.36. The van der Waals surface area contributed by atoms with Crippen molar-refractivity contribution in [3.05, 3.63) is 11.6 Å². The van der Waals surface area contributed by atoms with Gasteiger partial charge in [-0.1, -0.05) is 11.6 Å². The predicted octanol–water partition coefficient (Wildman–Crippen LogP) is 1.19. The molecule has 2 N–H and O–H groups in total. The van der Waals surface area contributed by atoms with Gasteiger partial charge in [-0.2, -0.15) is 0 Å². The molecule has 0 spiro atoms. The summed E-state index contributed by atoms with van der Waals surface area (Å²) in [6.07, 6.45) is 5.65. The molecule has 1 atom stereocenters. The molecule has 0 amide bonds. The summed E-state index contributed by atoms with van der Waals surface area (Å²) in [5.41, 5.74) is 1.48. The van der Waals surface area contributed by atoms with Crippen molar-refractivity contribution in [1.82, 2.24) is 5.23 Å². The normalized spacial score (nSPS) is 24.6. The van der Waals surface area contributed by atoms with Crippen molar-refractivity contribution in [1.29, 1.82) is 0 Å². The van der Waals surface area contributed by atoms with E-state index in [2.05, 4.69) is 18.2 Å². The van der Waals surface area contributed by atoms with Crippen LogP contribution in [0.15, 0.2) is 11.6 Å². The summed E-state index contributed by atoms with van der Waals surface area (Å²) >= 11 is 0. The number of nitrogens with one attached hydrogen (secondary N) is 1. The molecule has 0 bridgehead atoms. The van der Waals surface area contributed by atoms with Crippen LogP contribution in [0, 0.1) is 0 Å². The highest BCUT2D eigenvalue weighted by atomic mass is 16.2. The molecule has 0 aromatic carbocycles. The third-order valence-corrected chi connectivity index (χ3v) is 2.11. The van der Waals surface area contributed by atoms with Gasteiger partial charge in [-0.15, -0.1) is 0 Å². The summed E-state index contributed by atoms with van der Waals surface area (Å²) in [4.78, 5) is 0. The molecule has 0 fully saturated rings. The summed E-state index contributed by atoms with van der Waals surface area (Å²) in [6, 6.07) is 0.485. The van der Waals surface area contributed by atoms with Gasteiger partial charge in [0, 0.05) is 6.04 Å². The summed E-state index contributed by atoms with van der Waals surface area (Å²) in [6.45, 7) is 3.93. The zero-order valence-electron chi connectivity index (χ0n) is 7.30. The van der Waals surface area contributed by atoms with Crippen molar-refractivity contribution >= 4 is 7.05 Å². The molecule has 11 heavy (non-hydrogen) atoms. The molecule has 0 heterocycles. The average molecular weight is 153 g/mol. The first-order chi connectivity index (χ1) is 5.18. The molecule has 3 heteroatoms. The molecule has 0 radical (unpaired) electrons. The predicted molar refractivity (Wildman–Crippen MR) is 48.4 cm³/mol. The molecule has 1 aliphatic carbocycles. The van der Waals surface area contributed by atoms with E-state index in [0.717, 1.165) is 12.8 Å². The van der Waals surface area contributed by atoms with E-state index in [4.69, 9.17) is 5.02 Å². The van der Waals surface area contributed by atoms with Gasteiger partial charge in [-0.25, -0.2) is 0 Å². The fourth-order valence-electron chi connectivity index (χ4n) is 1.46. The van der Waals surface area contributed by atoms with E-state index in [1.54, 1.807) is 6.82 Å². The van der Waals surface area contributed by atoms with E-state index >= 15 is 0 Å². The number of allylic oxidation sites excluding steroid dienone is 1. The van der Waals surface area contributed by atoms with Crippen molar-refractivity contribution in [2.24, 2.45) is 0 Å². The zero-order valence-corrected chi connectivity index (χ0v) is 7.30. The zero-order chi connectivity index (χ0) is 8.27. The quantitative estimate of drug-likeness (QED) is 0.461. The minimum atomic E-state index is -0.369. The lowest BCUT2D eigenvalue weighted by Gasteiger charge is -2.22. The monoisotopic (exact) mass is 153 g/mol. The molecule has 1 rings (SSSR count). The van der Waals surface area contributed by atoms with Crippen LogP contribution < -0.4 is 5.23 Å². The Labute approximate surface area is 68.8 Å². The standard InChI is InChI=1S/C8H16BNO/c1-7-3-5-8(6-4-7)10-9(2)11/h3,8,10-11H,4-6H2,1-2H3. The Morgan fingerprint density at radius 3 is 2.91 bits per heavy atom. The van der Waals surface area contributed by atoms with Crippen molar-refractivity contribution in [2.75, 3.05) is 0 Å². The van der Waals surface area contributed by atoms with E-state index in [1.807, 2.05) is 0 Å². The molecular formula is C8H16BNO. The lowest BCUT2D eigenvalue weighted by Crippen LogP contribution is -2.40. The molecule has 1 aliphatic rings. The smallest absolute Gasteiger partial charge is 0.373 e. The van der Waals surface area contributed by atoms with Gasteiger partial charge in [0.25, 0.3) is 0 Å². The van der Waals surface area contributed by atoms with Gasteiger partial charge in [0.2, 0.25) is 0 Å². The van der Waals surface area contributed by atoms with Crippen LogP contribution >= 0.6 is 0 Å². The number of rotatable bonds is 2. The highest BCUT2D eigenvalue weighted by Gasteiger charge is 2.14. The van der Waals surface area contributed by atoms with Crippen LogP contribution in [0.3, 0.4) is 0 Å². The van der Waals surface area contributed by atoms with Crippen molar-refractivity contribution in [2.45, 2.75) is 39.1 Å². The lowest BCUT2D eigenvalue weighted by molar-refractivity contribution is 0.486. The molecule has 0 aromatic heterocycles. The Kier molecular flexibility index (Phi) is 3.15. The Bertz CT molecular complexity index is 156. The SMILES string of the molecule is CB(O)NC1CC=C(C)CC1. The second-order valence-electron chi connectivity index (χ2n) is 3.36. The fraction of sp³-hybridized carbons (Fsp3) is 0.750. The summed E-state index contributed by atoms with van der Waals surface area (Å²) < 4.78 is 0. The number of hydrogen-bond donors (Lipinski definition) is 2. The van der Waals surface area contributed by atoms with Crippen molar-refractivity contribution in [3.63, 3.8) is 0 Å². The van der Waals surface area contributed by atoms with Crippen LogP contribution in [0.1, 0.15) is 26.2 Å². The van der Waals surface area contributed by atoms with Crippen LogP contribution in [0.4, 0.5) is 0 Å². The average Bonchev–Trinajstić information content (AvgIpc) is 1.93. The maximum absolute atomic E-state index is 9.04. The number of hydrogen-bond acceptors (Lipinski definition) is 2. The first-order valence-electron chi connectivity index (χ1n) is 4.28. The van der Waals surface area contributed by atoms with Gasteiger partial charge in [0.15, 0.2) is 0 Å². The fourth-order valence-corrected chi connectivity index (χ4v) is 1.46. The summed E-state index contributed by atoms with van der Waals surface area (Å²) in [5.74, 6) is 0. The minimum Gasteiger partial charge on any atom is -0.437 e. The third-order valence-electron chi connectivity index (χ3n) is 2.11. The van der Waals surface area contributed by atoms with Crippen LogP contribution in [0.25, 0.3) is 0 Å². The summed E-state index contributed by atoms with van der Waals surface area (Å²) in [7, 11) is -0.369. The van der Waals surface area contributed by atoms with E-state index in [9.17, 15) is 0 Å². The molecule has 0 saturated carbocycles. The maximum atomic E-state index is 9.04. The van der Waals surface area contributed by atoms with Gasteiger partial charge in [0.05, 0.1) is 0 Å². The summed E-state index contributed by atoms with van der Waals surface area (Å²) in [5, 5.41) is 12.2. The third kappa shape index (κ3) is 3.08. The van der Waals surface area contributed by atoms with Gasteiger partial charge in [-0.3, -0.25) is 0 Å². The van der Waals surface area contributed by atoms with E-state index in [-0.39, 0.29) is 7.05 Å². The van der Waals surface area contributed by atoms with Gasteiger partial charge < -0.3 is 10.3 Å². The van der Waals surface area contributed by atoms with E-state index < -0.39 is 0 Å². The lowest BCUT2D eigenvalue weighted by atomic mass is 9.84. The molecule has 2 nitrogen and oxygen atoms in total. The highest BCUT2D eigenvalue weighted by Crippen LogP contribution is 2.16. The molecular weight excluding hydrogens is 137 g/mol. The first-order valence-corrected chi connectivity index (χ1v) is 4.28. The van der Waals surface area contributed by atoms with E-state index in [0.29, 0.717) is 6.04 Å². The highest BCUT2D eigenvalue weighted by molar-refractivity contribution is 6.45. The van der Waals surface area contributed by atoms with E-state index in [1.165, 1.54) is 12.0 Å². The largest absolute Gasteiger partial charge is 0.437 e. The van der Waals surface area contributed by atoms with Crippen molar-refractivity contribution in [3.8, 4) is 0 Å². The van der Waals surface area contributed by atoms with Gasteiger partial charge in [0.1, 0.15) is 0 Å². The minimum absolute atomic E-state index is 0.369. The van der Waals surface area contributed by atoms with Gasteiger partial charge >= 0.3 is 7.05 Å². The van der Waals surface area contributed by atoms with Crippen LogP contribution in [-0.4, -0.2) is 18.1 Å². The van der Waals surface area contributed by atoms with Crippen LogP contribution in [0.5, 0.6) is 0 Å². The molecule has 0 aliphatic heterocycles. The topological polar surface area (TPSA) is 32.3 Å². The first kappa shape index (κ1) is 8.82. The molecule has 0 aromatic rings. The molecule has 1 unspecified atom stereocenters. The van der Waals surface area contributed by atoms with Gasteiger partial charge in [-0.05, 0) is 33.0 Å². The molecule has 62 valence electrons. The van der Waals surface area contributed by atoms with Crippen LogP contribution in [0.2, 0.25) is 6.82 Å². The maximum Gasteiger partial charge on any atom is 0.373 e. The second kappa shape index (κ2) is 3.93.